The highest BCUT2D eigenvalue weighted by atomic mass is 35.5. The van der Waals surface area contributed by atoms with Crippen LogP contribution in [0.1, 0.15) is 31.0 Å². The first-order valence-electron chi connectivity index (χ1n) is 8.95. The smallest absolute Gasteiger partial charge is 0.243 e. The zero-order valence-electron chi connectivity index (χ0n) is 16.1. The third-order valence-electron chi connectivity index (χ3n) is 4.90. The summed E-state index contributed by atoms with van der Waals surface area (Å²) >= 11 is 5.89. The molecule has 0 saturated carbocycles. The SMILES string of the molecule is CC(=O)N(C)Cc1ccc2c(c1)C(C)N(S(=O)(=O)c1ccc(Cl)cc1)CCO2. The van der Waals surface area contributed by atoms with Crippen LogP contribution in [0.2, 0.25) is 5.02 Å². The highest BCUT2D eigenvalue weighted by Gasteiger charge is 2.33. The Morgan fingerprint density at radius 2 is 1.93 bits per heavy atom. The van der Waals surface area contributed by atoms with Gasteiger partial charge in [0.1, 0.15) is 12.4 Å². The van der Waals surface area contributed by atoms with Crippen molar-refractivity contribution in [3.05, 3.63) is 58.6 Å². The molecule has 0 aliphatic carbocycles. The molecule has 0 N–H and O–H groups in total. The van der Waals surface area contributed by atoms with E-state index in [4.69, 9.17) is 16.3 Å². The Hall–Kier alpha value is -2.09. The molecule has 1 unspecified atom stereocenters. The molecule has 8 heteroatoms. The van der Waals surface area contributed by atoms with Crippen LogP contribution < -0.4 is 4.74 Å². The van der Waals surface area contributed by atoms with E-state index in [1.165, 1.54) is 23.4 Å². The molecule has 150 valence electrons. The number of hydrogen-bond donors (Lipinski definition) is 0. The van der Waals surface area contributed by atoms with E-state index in [2.05, 4.69) is 0 Å². The van der Waals surface area contributed by atoms with Gasteiger partial charge in [-0.05, 0) is 48.9 Å². The van der Waals surface area contributed by atoms with Crippen molar-refractivity contribution in [2.45, 2.75) is 31.3 Å². The number of rotatable bonds is 4. The summed E-state index contributed by atoms with van der Waals surface area (Å²) in [7, 11) is -1.99. The predicted molar refractivity (Wildman–Crippen MR) is 108 cm³/mol. The molecule has 1 heterocycles. The summed E-state index contributed by atoms with van der Waals surface area (Å²) in [5.41, 5.74) is 1.70. The summed E-state index contributed by atoms with van der Waals surface area (Å²) in [6.45, 7) is 4.30. The van der Waals surface area contributed by atoms with E-state index in [9.17, 15) is 13.2 Å². The summed E-state index contributed by atoms with van der Waals surface area (Å²) in [4.78, 5) is 13.3. The highest BCUT2D eigenvalue weighted by Crippen LogP contribution is 2.36. The molecule has 1 atom stereocenters. The molecule has 6 nitrogen and oxygen atoms in total. The van der Waals surface area contributed by atoms with Gasteiger partial charge in [0.05, 0.1) is 10.9 Å². The Morgan fingerprint density at radius 3 is 2.57 bits per heavy atom. The van der Waals surface area contributed by atoms with Crippen molar-refractivity contribution >= 4 is 27.5 Å². The van der Waals surface area contributed by atoms with Gasteiger partial charge in [-0.25, -0.2) is 8.42 Å². The molecule has 1 aliphatic rings. The maximum Gasteiger partial charge on any atom is 0.243 e. The van der Waals surface area contributed by atoms with Crippen LogP contribution in [0.25, 0.3) is 0 Å². The van der Waals surface area contributed by atoms with E-state index >= 15 is 0 Å². The molecule has 0 saturated heterocycles. The number of amides is 1. The molecule has 28 heavy (non-hydrogen) atoms. The minimum Gasteiger partial charge on any atom is -0.492 e. The molecule has 2 aromatic rings. The van der Waals surface area contributed by atoms with Crippen LogP contribution in [0.4, 0.5) is 0 Å². The minimum atomic E-state index is -3.71. The predicted octanol–water partition coefficient (Wildman–Crippen LogP) is 3.46. The molecule has 0 radical (unpaired) electrons. The van der Waals surface area contributed by atoms with Crippen molar-refractivity contribution in [2.24, 2.45) is 0 Å². The maximum atomic E-state index is 13.2. The van der Waals surface area contributed by atoms with Crippen LogP contribution in [0.15, 0.2) is 47.4 Å². The monoisotopic (exact) mass is 422 g/mol. The standard InChI is InChI=1S/C20H23ClN2O4S/c1-14-19-12-16(13-22(3)15(2)24)4-9-20(19)27-11-10-23(14)28(25,26)18-7-5-17(21)6-8-18/h4-9,12,14H,10-11,13H2,1-3H3. The summed E-state index contributed by atoms with van der Waals surface area (Å²) in [6, 6.07) is 11.4. The Bertz CT molecular complexity index is 976. The van der Waals surface area contributed by atoms with Crippen LogP contribution in [-0.4, -0.2) is 43.7 Å². The summed E-state index contributed by atoms with van der Waals surface area (Å²) < 4.78 is 33.6. The van der Waals surface area contributed by atoms with Crippen molar-refractivity contribution in [1.82, 2.24) is 9.21 Å². The van der Waals surface area contributed by atoms with Crippen molar-refractivity contribution in [3.8, 4) is 5.75 Å². The second kappa shape index (κ2) is 8.11. The number of benzene rings is 2. The van der Waals surface area contributed by atoms with Crippen LogP contribution in [0, 0.1) is 0 Å². The molecule has 0 aromatic heterocycles. The summed E-state index contributed by atoms with van der Waals surface area (Å²) in [5.74, 6) is 0.627. The normalized spacial score (nSPS) is 17.4. The number of carbonyl (C=O) groups excluding carboxylic acids is 1. The third kappa shape index (κ3) is 4.16. The van der Waals surface area contributed by atoms with E-state index in [1.54, 1.807) is 24.1 Å². The number of hydrogen-bond acceptors (Lipinski definition) is 4. The van der Waals surface area contributed by atoms with Gasteiger partial charge in [-0.1, -0.05) is 17.7 Å². The van der Waals surface area contributed by atoms with E-state index in [1.807, 2.05) is 25.1 Å². The summed E-state index contributed by atoms with van der Waals surface area (Å²) in [5, 5.41) is 0.482. The first-order chi connectivity index (χ1) is 13.2. The lowest BCUT2D eigenvalue weighted by atomic mass is 10.0. The van der Waals surface area contributed by atoms with Gasteiger partial charge in [-0.3, -0.25) is 4.79 Å². The number of fused-ring (bicyclic) bond motifs is 1. The lowest BCUT2D eigenvalue weighted by Crippen LogP contribution is -2.35. The Labute approximate surface area is 170 Å². The maximum absolute atomic E-state index is 13.2. The van der Waals surface area contributed by atoms with E-state index in [0.717, 1.165) is 11.1 Å². The van der Waals surface area contributed by atoms with E-state index in [-0.39, 0.29) is 24.0 Å². The number of sulfonamides is 1. The fourth-order valence-electron chi connectivity index (χ4n) is 3.20. The average Bonchev–Trinajstić information content (AvgIpc) is 2.81. The van der Waals surface area contributed by atoms with Gasteiger partial charge in [0, 0.05) is 37.6 Å². The topological polar surface area (TPSA) is 66.9 Å². The number of ether oxygens (including phenoxy) is 1. The quantitative estimate of drug-likeness (QED) is 0.756. The van der Waals surface area contributed by atoms with Crippen LogP contribution in [-0.2, 0) is 21.4 Å². The van der Waals surface area contributed by atoms with Gasteiger partial charge < -0.3 is 9.64 Å². The molecular formula is C20H23ClN2O4S. The average molecular weight is 423 g/mol. The van der Waals surface area contributed by atoms with E-state index < -0.39 is 16.1 Å². The van der Waals surface area contributed by atoms with Crippen LogP contribution >= 0.6 is 11.6 Å². The first-order valence-corrected chi connectivity index (χ1v) is 10.8. The second-order valence-electron chi connectivity index (χ2n) is 6.84. The summed E-state index contributed by atoms with van der Waals surface area (Å²) in [6.07, 6.45) is 0. The lowest BCUT2D eigenvalue weighted by Gasteiger charge is -2.26. The van der Waals surface area contributed by atoms with Gasteiger partial charge in [0.25, 0.3) is 0 Å². The van der Waals surface area contributed by atoms with E-state index in [0.29, 0.717) is 17.3 Å². The van der Waals surface area contributed by atoms with Crippen molar-refractivity contribution in [3.63, 3.8) is 0 Å². The third-order valence-corrected chi connectivity index (χ3v) is 7.14. The van der Waals surface area contributed by atoms with Crippen LogP contribution in [0.3, 0.4) is 0 Å². The highest BCUT2D eigenvalue weighted by molar-refractivity contribution is 7.89. The number of carbonyl (C=O) groups is 1. The van der Waals surface area contributed by atoms with Crippen LogP contribution in [0.5, 0.6) is 5.75 Å². The minimum absolute atomic E-state index is 0.0359. The molecule has 0 bridgehead atoms. The largest absolute Gasteiger partial charge is 0.492 e. The zero-order valence-corrected chi connectivity index (χ0v) is 17.6. The van der Waals surface area contributed by atoms with Crippen molar-refractivity contribution < 1.29 is 17.9 Å². The second-order valence-corrected chi connectivity index (χ2v) is 9.17. The molecule has 0 spiro atoms. The molecule has 0 fully saturated rings. The fraction of sp³-hybridized carbons (Fsp3) is 0.350. The lowest BCUT2D eigenvalue weighted by molar-refractivity contribution is -0.128. The number of nitrogens with zero attached hydrogens (tertiary/aromatic N) is 2. The fourth-order valence-corrected chi connectivity index (χ4v) is 4.93. The van der Waals surface area contributed by atoms with Gasteiger partial charge in [-0.15, -0.1) is 0 Å². The Balaban J connectivity index is 1.96. The first kappa shape index (κ1) is 20.6. The molecule has 3 rings (SSSR count). The van der Waals surface area contributed by atoms with Gasteiger partial charge in [0.2, 0.25) is 15.9 Å². The molecular weight excluding hydrogens is 400 g/mol. The van der Waals surface area contributed by atoms with Crippen molar-refractivity contribution in [2.75, 3.05) is 20.2 Å². The molecule has 2 aromatic carbocycles. The molecule has 1 aliphatic heterocycles. The Morgan fingerprint density at radius 1 is 1.25 bits per heavy atom. The van der Waals surface area contributed by atoms with Crippen molar-refractivity contribution in [1.29, 1.82) is 0 Å². The van der Waals surface area contributed by atoms with Gasteiger partial charge >= 0.3 is 0 Å². The zero-order chi connectivity index (χ0) is 20.5. The number of halogens is 1. The molecule has 1 amide bonds. The van der Waals surface area contributed by atoms with Gasteiger partial charge in [0.15, 0.2) is 0 Å². The van der Waals surface area contributed by atoms with Gasteiger partial charge in [-0.2, -0.15) is 4.31 Å². The Kier molecular flexibility index (Phi) is 5.98.